The van der Waals surface area contributed by atoms with Gasteiger partial charge in [-0.2, -0.15) is 16.9 Å². The summed E-state index contributed by atoms with van der Waals surface area (Å²) in [7, 11) is 5.76. The summed E-state index contributed by atoms with van der Waals surface area (Å²) in [5.74, 6) is 8.43. The van der Waals surface area contributed by atoms with Crippen molar-refractivity contribution in [3.8, 4) is 5.75 Å². The molecule has 0 amide bonds. The van der Waals surface area contributed by atoms with Crippen molar-refractivity contribution < 1.29 is 4.74 Å². The number of hydrogen-bond donors (Lipinski definition) is 2. The zero-order chi connectivity index (χ0) is 14.3. The van der Waals surface area contributed by atoms with Crippen LogP contribution >= 0.6 is 11.8 Å². The molecule has 0 aliphatic carbocycles. The zero-order valence-electron chi connectivity index (χ0n) is 12.2. The number of nitrogens with one attached hydrogen (secondary N) is 1. The van der Waals surface area contributed by atoms with Gasteiger partial charge in [0.25, 0.3) is 0 Å². The monoisotopic (exact) mass is 287 g/mol. The van der Waals surface area contributed by atoms with E-state index in [1.54, 1.807) is 13.3 Å². The largest absolute Gasteiger partial charge is 0.493 e. The summed E-state index contributed by atoms with van der Waals surface area (Å²) >= 11 is 1.84. The van der Waals surface area contributed by atoms with Gasteiger partial charge in [-0.15, -0.1) is 0 Å². The van der Waals surface area contributed by atoms with Crippen molar-refractivity contribution in [3.63, 3.8) is 0 Å². The molecule has 0 spiro atoms. The van der Waals surface area contributed by atoms with Gasteiger partial charge in [0.2, 0.25) is 0 Å². The van der Waals surface area contributed by atoms with Crippen LogP contribution in [0.5, 0.6) is 5.75 Å². The van der Waals surface area contributed by atoms with Gasteiger partial charge in [-0.25, -0.2) is 0 Å². The van der Waals surface area contributed by atoms with E-state index >= 15 is 0 Å². The molecule has 0 saturated heterocycles. The first kappa shape index (κ1) is 16.3. The van der Waals surface area contributed by atoms with E-state index in [0.29, 0.717) is 0 Å². The van der Waals surface area contributed by atoms with Crippen LogP contribution in [0.2, 0.25) is 0 Å². The minimum Gasteiger partial charge on any atom is -0.493 e. The van der Waals surface area contributed by atoms with E-state index in [9.17, 15) is 0 Å². The Bertz CT molecular complexity index is 369. The van der Waals surface area contributed by atoms with Crippen LogP contribution in [-0.4, -0.2) is 53.9 Å². The van der Waals surface area contributed by atoms with Crippen LogP contribution in [0.15, 0.2) is 6.20 Å². The van der Waals surface area contributed by atoms with Crippen LogP contribution in [0.3, 0.4) is 0 Å². The lowest BCUT2D eigenvalue weighted by Gasteiger charge is -2.19. The highest BCUT2D eigenvalue weighted by molar-refractivity contribution is 7.99. The van der Waals surface area contributed by atoms with Crippen LogP contribution < -0.4 is 16.0 Å². The number of thioether (sulfide) groups is 1. The first-order chi connectivity index (χ1) is 9.13. The van der Waals surface area contributed by atoms with Crippen molar-refractivity contribution in [1.82, 2.24) is 20.1 Å². The van der Waals surface area contributed by atoms with Gasteiger partial charge < -0.3 is 9.64 Å². The molecule has 1 heterocycles. The summed E-state index contributed by atoms with van der Waals surface area (Å²) in [6, 6.07) is 0.0459. The summed E-state index contributed by atoms with van der Waals surface area (Å²) in [5.41, 5.74) is 3.89. The maximum atomic E-state index is 5.68. The lowest BCUT2D eigenvalue weighted by atomic mass is 10.2. The van der Waals surface area contributed by atoms with E-state index in [4.69, 9.17) is 10.6 Å². The molecule has 1 atom stereocenters. The summed E-state index contributed by atoms with van der Waals surface area (Å²) < 4.78 is 7.37. The fourth-order valence-electron chi connectivity index (χ4n) is 1.80. The van der Waals surface area contributed by atoms with Gasteiger partial charge in [0.15, 0.2) is 5.75 Å². The highest BCUT2D eigenvalue weighted by Gasteiger charge is 2.20. The number of hydrogen-bond acceptors (Lipinski definition) is 6. The topological polar surface area (TPSA) is 68.3 Å². The van der Waals surface area contributed by atoms with Crippen molar-refractivity contribution in [2.24, 2.45) is 5.84 Å². The average molecular weight is 287 g/mol. The lowest BCUT2D eigenvalue weighted by molar-refractivity contribution is 0.358. The van der Waals surface area contributed by atoms with Crippen LogP contribution in [0.4, 0.5) is 0 Å². The van der Waals surface area contributed by atoms with Gasteiger partial charge in [-0.05, 0) is 19.8 Å². The number of ether oxygens (including phenoxy) is 1. The predicted octanol–water partition coefficient (Wildman–Crippen LogP) is 0.711. The first-order valence-corrected chi connectivity index (χ1v) is 7.57. The van der Waals surface area contributed by atoms with Gasteiger partial charge in [0.05, 0.1) is 31.6 Å². The van der Waals surface area contributed by atoms with Gasteiger partial charge in [-0.1, -0.05) is 6.92 Å². The Morgan fingerprint density at radius 3 is 2.84 bits per heavy atom. The number of likely N-dealkylation sites (N-methyl/N-ethyl adjacent to an activating group) is 1. The SMILES string of the molecule is CCSCC(NN)c1c(OC)cnn1CCN(C)C. The second-order valence-electron chi connectivity index (χ2n) is 4.50. The Labute approximate surface area is 119 Å². The van der Waals surface area contributed by atoms with Crippen molar-refractivity contribution in [2.75, 3.05) is 39.3 Å². The molecule has 0 aliphatic rings. The van der Waals surface area contributed by atoms with Gasteiger partial charge in [0.1, 0.15) is 0 Å². The molecule has 1 aromatic heterocycles. The molecule has 7 heteroatoms. The second kappa shape index (κ2) is 8.42. The fourth-order valence-corrected chi connectivity index (χ4v) is 2.53. The van der Waals surface area contributed by atoms with Crippen molar-refractivity contribution in [3.05, 3.63) is 11.9 Å². The number of nitrogens with zero attached hydrogens (tertiary/aromatic N) is 3. The molecule has 19 heavy (non-hydrogen) atoms. The molecule has 0 saturated carbocycles. The summed E-state index contributed by atoms with van der Waals surface area (Å²) in [6.07, 6.45) is 1.76. The molecule has 0 fully saturated rings. The number of methoxy groups -OCH3 is 1. The molecule has 1 unspecified atom stereocenters. The maximum Gasteiger partial charge on any atom is 0.161 e. The Kier molecular flexibility index (Phi) is 7.22. The molecule has 0 aromatic carbocycles. The molecule has 3 N–H and O–H groups in total. The molecule has 1 aromatic rings. The number of aromatic nitrogens is 2. The maximum absolute atomic E-state index is 5.68. The molecule has 110 valence electrons. The van der Waals surface area contributed by atoms with E-state index in [1.165, 1.54) is 0 Å². The number of nitrogens with two attached hydrogens (primary N) is 1. The Morgan fingerprint density at radius 2 is 2.32 bits per heavy atom. The molecule has 6 nitrogen and oxygen atoms in total. The quantitative estimate of drug-likeness (QED) is 0.515. The summed E-state index contributed by atoms with van der Waals surface area (Å²) in [6.45, 7) is 3.88. The zero-order valence-corrected chi connectivity index (χ0v) is 13.0. The highest BCUT2D eigenvalue weighted by atomic mass is 32.2. The normalized spacial score (nSPS) is 12.9. The van der Waals surface area contributed by atoms with Crippen LogP contribution in [0, 0.1) is 0 Å². The Balaban J connectivity index is 2.89. The minimum atomic E-state index is 0.0459. The Morgan fingerprint density at radius 1 is 1.58 bits per heavy atom. The van der Waals surface area contributed by atoms with E-state index in [2.05, 4.69) is 22.3 Å². The van der Waals surface area contributed by atoms with E-state index in [0.717, 1.165) is 36.0 Å². The molecule has 0 aliphatic heterocycles. The van der Waals surface area contributed by atoms with E-state index < -0.39 is 0 Å². The lowest BCUT2D eigenvalue weighted by Crippen LogP contribution is -2.32. The van der Waals surface area contributed by atoms with E-state index in [-0.39, 0.29) is 6.04 Å². The van der Waals surface area contributed by atoms with Crippen molar-refractivity contribution in [2.45, 2.75) is 19.5 Å². The molecular formula is C12H25N5OS. The average Bonchev–Trinajstić information content (AvgIpc) is 2.80. The van der Waals surface area contributed by atoms with Gasteiger partial charge >= 0.3 is 0 Å². The minimum absolute atomic E-state index is 0.0459. The molecule has 1 rings (SSSR count). The highest BCUT2D eigenvalue weighted by Crippen LogP contribution is 2.27. The Hall–Kier alpha value is -0.760. The fraction of sp³-hybridized carbons (Fsp3) is 0.750. The summed E-state index contributed by atoms with van der Waals surface area (Å²) in [4.78, 5) is 2.13. The number of hydrazine groups is 1. The van der Waals surface area contributed by atoms with Crippen LogP contribution in [0.25, 0.3) is 0 Å². The van der Waals surface area contributed by atoms with Crippen molar-refractivity contribution in [1.29, 1.82) is 0 Å². The van der Waals surface area contributed by atoms with Crippen molar-refractivity contribution >= 4 is 11.8 Å². The second-order valence-corrected chi connectivity index (χ2v) is 5.82. The van der Waals surface area contributed by atoms with Crippen LogP contribution in [0.1, 0.15) is 18.7 Å². The first-order valence-electron chi connectivity index (χ1n) is 6.42. The van der Waals surface area contributed by atoms with Crippen LogP contribution in [-0.2, 0) is 6.54 Å². The molecular weight excluding hydrogens is 262 g/mol. The third-order valence-electron chi connectivity index (χ3n) is 2.84. The number of rotatable bonds is 9. The van der Waals surface area contributed by atoms with Gasteiger partial charge in [0, 0.05) is 12.3 Å². The molecule has 0 radical (unpaired) electrons. The van der Waals surface area contributed by atoms with E-state index in [1.807, 2.05) is 30.5 Å². The predicted molar refractivity (Wildman–Crippen MR) is 80.4 cm³/mol. The summed E-state index contributed by atoms with van der Waals surface area (Å²) in [5, 5.41) is 4.40. The smallest absolute Gasteiger partial charge is 0.161 e. The molecule has 0 bridgehead atoms. The standard InChI is InChI=1S/C12H25N5OS/c1-5-19-9-10(15-13)12-11(18-4)8-14-17(12)7-6-16(2)3/h8,10,15H,5-7,9,13H2,1-4H3. The third-order valence-corrected chi connectivity index (χ3v) is 3.82. The van der Waals surface area contributed by atoms with Gasteiger partial charge in [-0.3, -0.25) is 16.0 Å². The third kappa shape index (κ3) is 4.68.